The highest BCUT2D eigenvalue weighted by molar-refractivity contribution is 6.30. The van der Waals surface area contributed by atoms with Crippen molar-refractivity contribution >= 4 is 29.5 Å². The second-order valence-corrected chi connectivity index (χ2v) is 7.72. The first-order chi connectivity index (χ1) is 13.1. The van der Waals surface area contributed by atoms with Crippen molar-refractivity contribution < 1.29 is 9.59 Å². The molecule has 2 heterocycles. The van der Waals surface area contributed by atoms with Gasteiger partial charge in [0.1, 0.15) is 0 Å². The molecule has 146 valence electrons. The molecular formula is C21H28ClN3O2. The van der Waals surface area contributed by atoms with Crippen molar-refractivity contribution in [3.63, 3.8) is 0 Å². The van der Waals surface area contributed by atoms with E-state index in [-0.39, 0.29) is 11.8 Å². The van der Waals surface area contributed by atoms with Crippen molar-refractivity contribution in [3.8, 4) is 0 Å². The Labute approximate surface area is 166 Å². The van der Waals surface area contributed by atoms with Crippen LogP contribution in [0.1, 0.15) is 31.2 Å². The molecule has 3 rings (SSSR count). The Morgan fingerprint density at radius 3 is 2.11 bits per heavy atom. The Morgan fingerprint density at radius 2 is 1.48 bits per heavy atom. The van der Waals surface area contributed by atoms with Crippen LogP contribution in [0.25, 0.3) is 6.08 Å². The van der Waals surface area contributed by atoms with Gasteiger partial charge in [0.15, 0.2) is 0 Å². The molecule has 2 aliphatic rings. The topological polar surface area (TPSA) is 43.9 Å². The summed E-state index contributed by atoms with van der Waals surface area (Å²) < 4.78 is 0. The van der Waals surface area contributed by atoms with Crippen LogP contribution in [0.5, 0.6) is 0 Å². The lowest BCUT2D eigenvalue weighted by Crippen LogP contribution is -2.51. The van der Waals surface area contributed by atoms with Gasteiger partial charge in [-0.15, -0.1) is 0 Å². The van der Waals surface area contributed by atoms with E-state index >= 15 is 0 Å². The highest BCUT2D eigenvalue weighted by atomic mass is 35.5. The third-order valence-electron chi connectivity index (χ3n) is 5.29. The first-order valence-electron chi connectivity index (χ1n) is 9.84. The maximum atomic E-state index is 12.5. The van der Waals surface area contributed by atoms with E-state index in [9.17, 15) is 9.59 Å². The zero-order valence-electron chi connectivity index (χ0n) is 15.8. The fraction of sp³-hybridized carbons (Fsp3) is 0.524. The lowest BCUT2D eigenvalue weighted by Gasteiger charge is -2.34. The van der Waals surface area contributed by atoms with Gasteiger partial charge < -0.3 is 9.80 Å². The van der Waals surface area contributed by atoms with E-state index in [4.69, 9.17) is 11.6 Å². The molecule has 0 aromatic heterocycles. The summed E-state index contributed by atoms with van der Waals surface area (Å²) in [6.45, 7) is 5.09. The second kappa shape index (κ2) is 9.90. The molecule has 0 aliphatic carbocycles. The van der Waals surface area contributed by atoms with Crippen LogP contribution in [0.3, 0.4) is 0 Å². The fourth-order valence-electron chi connectivity index (χ4n) is 3.58. The molecule has 0 saturated carbocycles. The predicted molar refractivity (Wildman–Crippen MR) is 109 cm³/mol. The van der Waals surface area contributed by atoms with Gasteiger partial charge in [0.25, 0.3) is 0 Å². The molecule has 6 heteroatoms. The minimum Gasteiger partial charge on any atom is -0.342 e. The van der Waals surface area contributed by atoms with Gasteiger partial charge in [0.2, 0.25) is 11.8 Å². The molecule has 0 unspecified atom stereocenters. The molecular weight excluding hydrogens is 362 g/mol. The van der Waals surface area contributed by atoms with Crippen LogP contribution in [-0.2, 0) is 9.59 Å². The SMILES string of the molecule is O=C(/C=C/c1ccc(Cl)cc1)N1CCN(CC(=O)N2CCCCCC2)CC1. The van der Waals surface area contributed by atoms with Crippen LogP contribution in [-0.4, -0.2) is 72.3 Å². The zero-order valence-corrected chi connectivity index (χ0v) is 16.5. The fourth-order valence-corrected chi connectivity index (χ4v) is 3.71. The molecule has 2 amide bonds. The number of benzene rings is 1. The Hall–Kier alpha value is -1.85. The van der Waals surface area contributed by atoms with Crippen LogP contribution in [0, 0.1) is 0 Å². The van der Waals surface area contributed by atoms with Crippen LogP contribution in [0.4, 0.5) is 0 Å². The molecule has 0 N–H and O–H groups in total. The van der Waals surface area contributed by atoms with E-state index in [1.165, 1.54) is 12.8 Å². The number of halogens is 1. The number of hydrogen-bond donors (Lipinski definition) is 0. The number of carbonyl (C=O) groups excluding carboxylic acids is 2. The first-order valence-corrected chi connectivity index (χ1v) is 10.2. The van der Waals surface area contributed by atoms with Gasteiger partial charge >= 0.3 is 0 Å². The van der Waals surface area contributed by atoms with E-state index < -0.39 is 0 Å². The van der Waals surface area contributed by atoms with Crippen LogP contribution < -0.4 is 0 Å². The van der Waals surface area contributed by atoms with Crippen LogP contribution in [0.2, 0.25) is 5.02 Å². The van der Waals surface area contributed by atoms with E-state index in [2.05, 4.69) is 4.90 Å². The van der Waals surface area contributed by atoms with Crippen molar-refractivity contribution in [2.75, 3.05) is 45.8 Å². The van der Waals surface area contributed by atoms with Crippen molar-refractivity contribution in [3.05, 3.63) is 40.9 Å². The lowest BCUT2D eigenvalue weighted by atomic mass is 10.2. The Balaban J connectivity index is 1.43. The van der Waals surface area contributed by atoms with Gasteiger partial charge in [-0.2, -0.15) is 0 Å². The maximum absolute atomic E-state index is 12.5. The number of amides is 2. The monoisotopic (exact) mass is 389 g/mol. The van der Waals surface area contributed by atoms with Crippen molar-refractivity contribution in [1.82, 2.24) is 14.7 Å². The number of nitrogens with zero attached hydrogens (tertiary/aromatic N) is 3. The van der Waals surface area contributed by atoms with Gasteiger partial charge in [-0.05, 0) is 36.6 Å². The summed E-state index contributed by atoms with van der Waals surface area (Å²) in [4.78, 5) is 30.9. The number of hydrogen-bond acceptors (Lipinski definition) is 3. The number of piperazine rings is 1. The molecule has 2 fully saturated rings. The van der Waals surface area contributed by atoms with E-state index in [1.807, 2.05) is 40.1 Å². The minimum absolute atomic E-state index is 0.0171. The summed E-state index contributed by atoms with van der Waals surface area (Å²) in [5, 5.41) is 0.685. The molecule has 5 nitrogen and oxygen atoms in total. The summed E-state index contributed by atoms with van der Waals surface area (Å²) in [5.41, 5.74) is 0.953. The van der Waals surface area contributed by atoms with E-state index in [1.54, 1.807) is 6.08 Å². The normalized spacial score (nSPS) is 19.3. The Bertz CT molecular complexity index is 659. The number of rotatable bonds is 4. The van der Waals surface area contributed by atoms with E-state index in [0.717, 1.165) is 44.6 Å². The number of carbonyl (C=O) groups is 2. The average Bonchev–Trinajstić information content (AvgIpc) is 2.97. The van der Waals surface area contributed by atoms with Gasteiger partial charge in [-0.25, -0.2) is 0 Å². The van der Waals surface area contributed by atoms with Crippen molar-refractivity contribution in [2.45, 2.75) is 25.7 Å². The summed E-state index contributed by atoms with van der Waals surface area (Å²) in [6.07, 6.45) is 8.12. The van der Waals surface area contributed by atoms with Gasteiger partial charge in [0, 0.05) is 50.4 Å². The Kier molecular flexibility index (Phi) is 7.30. The third-order valence-corrected chi connectivity index (χ3v) is 5.54. The molecule has 27 heavy (non-hydrogen) atoms. The quantitative estimate of drug-likeness (QED) is 0.744. The minimum atomic E-state index is 0.0171. The van der Waals surface area contributed by atoms with E-state index in [0.29, 0.717) is 24.7 Å². The highest BCUT2D eigenvalue weighted by Gasteiger charge is 2.23. The molecule has 0 bridgehead atoms. The maximum Gasteiger partial charge on any atom is 0.246 e. The molecule has 0 atom stereocenters. The smallest absolute Gasteiger partial charge is 0.246 e. The second-order valence-electron chi connectivity index (χ2n) is 7.28. The number of likely N-dealkylation sites (tertiary alicyclic amines) is 1. The molecule has 1 aromatic carbocycles. The molecule has 0 radical (unpaired) electrons. The molecule has 0 spiro atoms. The predicted octanol–water partition coefficient (Wildman–Crippen LogP) is 2.90. The standard InChI is InChI=1S/C21H28ClN3O2/c22-19-8-5-18(6-9-19)7-10-20(26)25-15-13-23(14-16-25)17-21(27)24-11-3-1-2-4-12-24/h5-10H,1-4,11-17H2/b10-7+. The average molecular weight is 390 g/mol. The van der Waals surface area contributed by atoms with Gasteiger partial charge in [0.05, 0.1) is 6.54 Å². The highest BCUT2D eigenvalue weighted by Crippen LogP contribution is 2.12. The summed E-state index contributed by atoms with van der Waals surface area (Å²) in [7, 11) is 0. The molecule has 2 aliphatic heterocycles. The summed E-state index contributed by atoms with van der Waals surface area (Å²) in [5.74, 6) is 0.253. The largest absolute Gasteiger partial charge is 0.342 e. The van der Waals surface area contributed by atoms with Crippen LogP contribution in [0.15, 0.2) is 30.3 Å². The van der Waals surface area contributed by atoms with Crippen molar-refractivity contribution in [2.24, 2.45) is 0 Å². The summed E-state index contributed by atoms with van der Waals surface area (Å²) in [6, 6.07) is 7.40. The third kappa shape index (κ3) is 6.08. The Morgan fingerprint density at radius 1 is 0.852 bits per heavy atom. The first kappa shape index (κ1) is 19.9. The molecule has 1 aromatic rings. The molecule has 2 saturated heterocycles. The van der Waals surface area contributed by atoms with Crippen LogP contribution >= 0.6 is 11.6 Å². The van der Waals surface area contributed by atoms with Gasteiger partial charge in [-0.3, -0.25) is 14.5 Å². The summed E-state index contributed by atoms with van der Waals surface area (Å²) >= 11 is 5.87. The zero-order chi connectivity index (χ0) is 19.1. The van der Waals surface area contributed by atoms with Gasteiger partial charge in [-0.1, -0.05) is 36.6 Å². The van der Waals surface area contributed by atoms with Crippen molar-refractivity contribution in [1.29, 1.82) is 0 Å². The lowest BCUT2D eigenvalue weighted by molar-refractivity contribution is -0.133.